The summed E-state index contributed by atoms with van der Waals surface area (Å²) >= 11 is 0. The molecule has 5 fully saturated rings. The molecule has 1 saturated carbocycles. The van der Waals surface area contributed by atoms with Gasteiger partial charge in [0.05, 0.1) is 73.3 Å². The number of hydrogen-bond acceptors (Lipinski definition) is 32. The molecular weight excluding hydrogens is 2210 g/mol. The summed E-state index contributed by atoms with van der Waals surface area (Å²) < 4.78 is 186. The van der Waals surface area contributed by atoms with Crippen LogP contribution in [-0.2, 0) is 135 Å². The molecule has 4 saturated heterocycles. The average molecular weight is 2440 g/mol. The van der Waals surface area contributed by atoms with E-state index >= 15 is 0 Å². The zero-order valence-electron chi connectivity index (χ0n) is 94.8. The van der Waals surface area contributed by atoms with Gasteiger partial charge in [-0.15, -0.1) is 38.6 Å². The van der Waals surface area contributed by atoms with Crippen LogP contribution in [0.1, 0.15) is 71.2 Å². The summed E-state index contributed by atoms with van der Waals surface area (Å²) in [5, 5.41) is 9.61. The highest BCUT2D eigenvalue weighted by Crippen LogP contribution is 2.41. The average Bonchev–Trinajstić information content (AvgIpc) is 1.32. The van der Waals surface area contributed by atoms with Gasteiger partial charge in [-0.3, -0.25) is 0 Å². The van der Waals surface area contributed by atoms with E-state index in [1.165, 1.54) is 32.0 Å². The van der Waals surface area contributed by atoms with Crippen molar-refractivity contribution in [1.82, 2.24) is 0 Å². The van der Waals surface area contributed by atoms with E-state index in [9.17, 15) is 5.11 Å². The maximum atomic E-state index is 9.61. The van der Waals surface area contributed by atoms with Crippen LogP contribution in [0.15, 0.2) is 61.4 Å². The van der Waals surface area contributed by atoms with E-state index in [0.717, 1.165) is 80.7 Å². The van der Waals surface area contributed by atoms with Crippen molar-refractivity contribution in [2.45, 2.75) is 378 Å². The van der Waals surface area contributed by atoms with Crippen LogP contribution < -0.4 is 0 Å². The molecule has 11 unspecified atom stereocenters. The molecule has 0 aromatic carbocycles. The van der Waals surface area contributed by atoms with Crippen LogP contribution in [0.5, 0.6) is 0 Å². The van der Waals surface area contributed by atoms with Crippen LogP contribution >= 0.6 is 0 Å². The molecule has 1 N–H and O–H groups in total. The summed E-state index contributed by atoms with van der Waals surface area (Å²) in [4.78, 5) is 0. The van der Waals surface area contributed by atoms with Crippen molar-refractivity contribution in [2.75, 3.05) is 142 Å². The minimum Gasteiger partial charge on any atom is -0.436 e. The number of aliphatic hydroxyl groups excluding tert-OH is 1. The first-order chi connectivity index (χ1) is 62.9. The van der Waals surface area contributed by atoms with Crippen molar-refractivity contribution in [3.8, 4) is 0 Å². The molecule has 54 heteroatoms. The van der Waals surface area contributed by atoms with Crippen molar-refractivity contribution in [3.63, 3.8) is 0 Å². The minimum atomic E-state index is -2.85. The largest absolute Gasteiger partial charge is 0.493 e. The van der Waals surface area contributed by atoms with Gasteiger partial charge in [0.15, 0.2) is 58.2 Å². The van der Waals surface area contributed by atoms with E-state index in [1.54, 1.807) is 67.7 Å². The number of ether oxygens (including phenoxy) is 7. The SMILES string of the molecule is C.C.C.C.C.C.C=C[Si](C)(C)CC[Si](C)(C)O[Si](C)(OC)O[Si](C)(C)CCOCC1CO1.C=C[Si](C)(O[Si](C)(C)CC1CC1)O[Si](C)(C)O[Si](C)(C=C)O[Si](C)(C)CC1CO1.C=C[Si](C)(O[Si](C)(C)OC)O[Si](C)(C)O[Si](C)(C=C)O[Si](C)(CO)OC.CCO[Si](C)(CC[Si](C)(C)O[Si](C)(OC)O[Si](C)(C)CCOCC1CO1)OCC.CO[Si](C)(CC[Si](C)(C)O[Si](C)(C)O[Si](CCOCC1CO1)(OC)OC)OC. The Hall–Kier alpha value is 2.19. The molecule has 32 nitrogen and oxygen atoms in total. The molecule has 11 atom stereocenters. The Bertz CT molecular complexity index is 3440. The van der Waals surface area contributed by atoms with Crippen molar-refractivity contribution in [1.29, 1.82) is 0 Å². The van der Waals surface area contributed by atoms with Gasteiger partial charge >= 0.3 is 121 Å². The fourth-order valence-corrected chi connectivity index (χ4v) is 106. The topological polar surface area (TPSA) is 320 Å². The Morgan fingerprint density at radius 2 is 0.556 bits per heavy atom. The smallest absolute Gasteiger partial charge is 0.436 e. The molecule has 0 bridgehead atoms. The lowest BCUT2D eigenvalue weighted by Gasteiger charge is -2.42. The molecule has 0 aromatic heterocycles. The molecule has 1 aliphatic carbocycles. The number of rotatable bonds is 74. The fourth-order valence-electron chi connectivity index (χ4n) is 15.2. The Morgan fingerprint density at radius 3 is 0.840 bits per heavy atom. The Labute approximate surface area is 907 Å². The van der Waals surface area contributed by atoms with Crippen molar-refractivity contribution < 1.29 is 140 Å². The molecule has 5 rings (SSSR count). The summed E-state index contributed by atoms with van der Waals surface area (Å²) in [5.74, 6) is 0.855. The van der Waals surface area contributed by atoms with Gasteiger partial charge in [-0.1, -0.05) is 99.3 Å². The molecule has 4 aliphatic heterocycles. The molecular formula is C90H226O32Si22. The van der Waals surface area contributed by atoms with Gasteiger partial charge in [0.25, 0.3) is 0 Å². The number of aliphatic hydroxyl groups is 1. The van der Waals surface area contributed by atoms with Crippen molar-refractivity contribution >= 4 is 187 Å². The lowest BCUT2D eigenvalue weighted by molar-refractivity contribution is 0.0990. The first-order valence-electron chi connectivity index (χ1n) is 49.4. The normalized spacial score (nSPS) is 19.9. The molecule has 144 heavy (non-hydrogen) atoms. The Balaban J connectivity index is -0.000000409. The Morgan fingerprint density at radius 1 is 0.271 bits per heavy atom. The molecule has 0 spiro atoms. The van der Waals surface area contributed by atoms with Gasteiger partial charge < -0.3 is 140 Å². The third-order valence-electron chi connectivity index (χ3n) is 23.5. The van der Waals surface area contributed by atoms with Gasteiger partial charge in [-0.25, -0.2) is 0 Å². The van der Waals surface area contributed by atoms with Crippen LogP contribution in [0.3, 0.4) is 0 Å². The first kappa shape index (κ1) is 157. The summed E-state index contributed by atoms with van der Waals surface area (Å²) in [6, 6.07) is 10.7. The summed E-state index contributed by atoms with van der Waals surface area (Å²) in [5.41, 5.74) is 9.42. The molecule has 866 valence electrons. The second-order valence-corrected chi connectivity index (χ2v) is 127. The van der Waals surface area contributed by atoms with E-state index in [1.807, 2.05) is 77.6 Å². The highest BCUT2D eigenvalue weighted by atomic mass is 28.5. The van der Waals surface area contributed by atoms with Crippen LogP contribution in [0, 0.1) is 5.92 Å². The minimum absolute atomic E-state index is 0. The summed E-state index contributed by atoms with van der Waals surface area (Å²) in [6.45, 7) is 103. The van der Waals surface area contributed by atoms with Gasteiger partial charge in [0.2, 0.25) is 0 Å². The maximum absolute atomic E-state index is 9.61. The van der Waals surface area contributed by atoms with Crippen LogP contribution in [0.25, 0.3) is 0 Å². The van der Waals surface area contributed by atoms with Gasteiger partial charge in [0.1, 0.15) is 18.3 Å². The predicted molar refractivity (Wildman–Crippen MR) is 650 cm³/mol. The van der Waals surface area contributed by atoms with E-state index in [-0.39, 0.29) is 56.9 Å². The number of epoxide rings is 4. The lowest BCUT2D eigenvalue weighted by atomic mass is 10.5. The monoisotopic (exact) mass is 2440 g/mol. The van der Waals surface area contributed by atoms with E-state index < -0.39 is 187 Å². The van der Waals surface area contributed by atoms with Gasteiger partial charge in [0, 0.05) is 102 Å². The second-order valence-electron chi connectivity index (χ2n) is 44.5. The van der Waals surface area contributed by atoms with Crippen LogP contribution in [0.2, 0.25) is 283 Å². The highest BCUT2D eigenvalue weighted by molar-refractivity contribution is 6.96. The third kappa shape index (κ3) is 69.5. The van der Waals surface area contributed by atoms with Gasteiger partial charge in [-0.2, -0.15) is 0 Å². The fraction of sp³-hybridized carbons (Fsp3) is 0.889. The third-order valence-corrected chi connectivity index (χ3v) is 104. The number of hydrogen-bond donors (Lipinski definition) is 1. The zero-order chi connectivity index (χ0) is 107. The Kier molecular flexibility index (Phi) is 73.7. The first-order valence-corrected chi connectivity index (χ1v) is 109. The van der Waals surface area contributed by atoms with E-state index in [4.69, 9.17) is 135 Å². The molecule has 4 heterocycles. The van der Waals surface area contributed by atoms with Crippen LogP contribution in [0.4, 0.5) is 0 Å². The second kappa shape index (κ2) is 67.7. The molecule has 5 aliphatic rings. The van der Waals surface area contributed by atoms with Gasteiger partial charge in [-0.05, 0) is 264 Å². The summed E-state index contributed by atoms with van der Waals surface area (Å²) in [7, 11) is -37.2. The highest BCUT2D eigenvalue weighted by Gasteiger charge is 2.55. The van der Waals surface area contributed by atoms with Crippen LogP contribution in [-0.4, -0.2) is 359 Å². The lowest BCUT2D eigenvalue weighted by Crippen LogP contribution is -2.61. The molecule has 0 aromatic rings. The summed E-state index contributed by atoms with van der Waals surface area (Å²) in [6.07, 6.45) is 3.77. The van der Waals surface area contributed by atoms with E-state index in [0.29, 0.717) is 77.2 Å². The molecule has 0 radical (unpaired) electrons. The van der Waals surface area contributed by atoms with Crippen molar-refractivity contribution in [2.24, 2.45) is 5.92 Å². The molecule has 0 amide bonds. The van der Waals surface area contributed by atoms with Crippen molar-refractivity contribution in [3.05, 3.63) is 61.4 Å². The zero-order valence-corrected chi connectivity index (χ0v) is 117. The van der Waals surface area contributed by atoms with E-state index in [2.05, 4.69) is 196 Å². The predicted octanol–water partition coefficient (Wildman–Crippen LogP) is 24.0. The standard InChI is InChI=1S/C19H42O5Si5.C18H44O7Si4.C17H40O5Si4.C16H40O8Si4.C14H36O7Si5.6CH4/c1-11-28(9,21-25(3,4)16-18-13-14-18)23-27(7,8)24-29(10,12-2)22-26(5,6)17-19-15-20-19;1-10-22-28(8,23-11-2)15-14-27(6,7)25-29(9,19-3)24-26(4,5)13-12-20-16-18-17-21-18;1-10-23(3,4)13-14-25(7,8)22-26(9,18-2)21-24(5,6)12-11-19-15-17-16-20-17;1-17-27(9,18-2)13-12-25(5,6)23-26(7,8)24-28(19-3,20-4)11-10-21-14-16-15-22-16;1-12-24(9,18-22(5,6)16-3)19-23(7,8)20-25(10,13-2)21-26(11,14-15)17-4;;;;;;/h11-12,18-19H,1-2,13-17H2,3-10H3;18H,10-17H2,1-9H3;10,17H,1,11-16H2,2-9H3;16H,10-15H2,1-9H3;12-13,15H,1-2,14H2,3-11H3;6*1H4. The quantitative estimate of drug-likeness (QED) is 0.0336. The maximum Gasteiger partial charge on any atom is 0.493 e.